The molecule has 3 unspecified atom stereocenters. The van der Waals surface area contributed by atoms with Crippen LogP contribution in [-0.2, 0) is 4.74 Å². The quantitative estimate of drug-likeness (QED) is 0.721. The number of anilines is 1. The first-order chi connectivity index (χ1) is 10.8. The first-order valence-corrected chi connectivity index (χ1v) is 7.74. The molecule has 2 N–H and O–H groups in total. The van der Waals surface area contributed by atoms with Crippen LogP contribution >= 0.6 is 0 Å². The Morgan fingerprint density at radius 1 is 0.955 bits per heavy atom. The van der Waals surface area contributed by atoms with E-state index in [0.29, 0.717) is 5.92 Å². The monoisotopic (exact) mass is 292 g/mol. The third kappa shape index (κ3) is 1.93. The number of H-pyrrole nitrogens is 1. The molecule has 3 aromatic rings. The fraction of sp³-hybridized carbons (Fsp3) is 0.263. The lowest BCUT2D eigenvalue weighted by Gasteiger charge is -2.38. The molecular weight excluding hydrogens is 272 g/mol. The second-order valence-electron chi connectivity index (χ2n) is 6.01. The second kappa shape index (κ2) is 5.18. The summed E-state index contributed by atoms with van der Waals surface area (Å²) in [6.45, 7) is 2.25. The number of aromatic nitrogens is 1. The van der Waals surface area contributed by atoms with Crippen molar-refractivity contribution in [2.75, 3.05) is 12.4 Å². The molecule has 0 aliphatic carbocycles. The number of fused-ring (bicyclic) bond motifs is 2. The number of ether oxygens (including phenoxy) is 1. The van der Waals surface area contributed by atoms with Crippen LogP contribution in [0.25, 0.3) is 10.9 Å². The molecule has 0 spiro atoms. The van der Waals surface area contributed by atoms with Crippen molar-refractivity contribution in [2.45, 2.75) is 19.1 Å². The second-order valence-corrected chi connectivity index (χ2v) is 6.01. The lowest BCUT2D eigenvalue weighted by Crippen LogP contribution is -2.30. The van der Waals surface area contributed by atoms with Gasteiger partial charge >= 0.3 is 0 Å². The number of hydrogen-bond donors (Lipinski definition) is 2. The molecule has 1 aromatic heterocycles. The Bertz CT molecular complexity index is 808. The molecule has 0 saturated carbocycles. The number of para-hydroxylation sites is 2. The molecule has 2 aromatic carbocycles. The summed E-state index contributed by atoms with van der Waals surface area (Å²) in [6.07, 6.45) is 2.23. The van der Waals surface area contributed by atoms with E-state index in [1.807, 2.05) is 0 Å². The number of aromatic amines is 1. The number of rotatable bonds is 2. The van der Waals surface area contributed by atoms with Gasteiger partial charge in [-0.25, -0.2) is 0 Å². The molecule has 0 radical (unpaired) electrons. The van der Waals surface area contributed by atoms with E-state index in [0.717, 1.165) is 0 Å². The summed E-state index contributed by atoms with van der Waals surface area (Å²) in [6, 6.07) is 17.1. The van der Waals surface area contributed by atoms with E-state index in [1.54, 1.807) is 7.11 Å². The summed E-state index contributed by atoms with van der Waals surface area (Å²) in [5.41, 5.74) is 4.90. The normalized spacial score (nSPS) is 24.0. The Kier molecular flexibility index (Phi) is 3.16. The number of methoxy groups -OCH3 is 1. The van der Waals surface area contributed by atoms with Crippen LogP contribution in [0.2, 0.25) is 0 Å². The van der Waals surface area contributed by atoms with Gasteiger partial charge in [0.15, 0.2) is 0 Å². The van der Waals surface area contributed by atoms with Gasteiger partial charge < -0.3 is 15.0 Å². The van der Waals surface area contributed by atoms with Crippen LogP contribution in [0.1, 0.15) is 30.2 Å². The van der Waals surface area contributed by atoms with Gasteiger partial charge in [-0.3, -0.25) is 0 Å². The molecule has 0 amide bonds. The largest absolute Gasteiger partial charge is 0.377 e. The zero-order valence-corrected chi connectivity index (χ0v) is 12.8. The van der Waals surface area contributed by atoms with Gasteiger partial charge in [-0.05, 0) is 17.7 Å². The van der Waals surface area contributed by atoms with Crippen LogP contribution in [-0.4, -0.2) is 12.1 Å². The Hall–Kier alpha value is -2.26. The van der Waals surface area contributed by atoms with E-state index in [9.17, 15) is 0 Å². The first-order valence-electron chi connectivity index (χ1n) is 7.74. The standard InChI is InChI=1S/C19H20N2O/c1-12-18(15-11-20-16-9-5-3-7-13(15)16)21-17-10-6-4-8-14(17)19(12)22-2/h3-12,18-21H,1-2H3. The van der Waals surface area contributed by atoms with Crippen molar-refractivity contribution in [2.24, 2.45) is 5.92 Å². The maximum absolute atomic E-state index is 5.82. The molecule has 2 heterocycles. The third-order valence-corrected chi connectivity index (χ3v) is 4.79. The summed E-state index contributed by atoms with van der Waals surface area (Å²) in [5, 5.41) is 4.98. The van der Waals surface area contributed by atoms with Crippen LogP contribution in [0.5, 0.6) is 0 Å². The van der Waals surface area contributed by atoms with Crippen LogP contribution in [0.3, 0.4) is 0 Å². The van der Waals surface area contributed by atoms with Crippen molar-refractivity contribution in [3.8, 4) is 0 Å². The van der Waals surface area contributed by atoms with Crippen molar-refractivity contribution >= 4 is 16.6 Å². The van der Waals surface area contributed by atoms with E-state index >= 15 is 0 Å². The van der Waals surface area contributed by atoms with Crippen molar-refractivity contribution < 1.29 is 4.74 Å². The number of hydrogen-bond acceptors (Lipinski definition) is 2. The molecule has 3 heteroatoms. The summed E-state index contributed by atoms with van der Waals surface area (Å²) in [4.78, 5) is 3.38. The van der Waals surface area contributed by atoms with Crippen molar-refractivity contribution in [3.63, 3.8) is 0 Å². The minimum absolute atomic E-state index is 0.108. The van der Waals surface area contributed by atoms with Gasteiger partial charge in [0.1, 0.15) is 0 Å². The first kappa shape index (κ1) is 13.4. The Labute approximate surface area is 130 Å². The predicted octanol–water partition coefficient (Wildman–Crippen LogP) is 4.66. The van der Waals surface area contributed by atoms with Gasteiger partial charge in [-0.2, -0.15) is 0 Å². The molecule has 3 nitrogen and oxygen atoms in total. The average Bonchev–Trinajstić information content (AvgIpc) is 2.98. The van der Waals surface area contributed by atoms with Gasteiger partial charge in [0.05, 0.1) is 12.1 Å². The summed E-state index contributed by atoms with van der Waals surface area (Å²) < 4.78 is 5.82. The van der Waals surface area contributed by atoms with Crippen molar-refractivity contribution in [3.05, 3.63) is 65.9 Å². The van der Waals surface area contributed by atoms with Crippen LogP contribution in [0, 0.1) is 5.92 Å². The molecule has 22 heavy (non-hydrogen) atoms. The lowest BCUT2D eigenvalue weighted by molar-refractivity contribution is 0.0464. The summed E-state index contributed by atoms with van der Waals surface area (Å²) >= 11 is 0. The van der Waals surface area contributed by atoms with Gasteiger partial charge in [0.25, 0.3) is 0 Å². The zero-order valence-electron chi connectivity index (χ0n) is 12.8. The van der Waals surface area contributed by atoms with Gasteiger partial charge in [-0.15, -0.1) is 0 Å². The summed E-state index contributed by atoms with van der Waals surface area (Å²) in [7, 11) is 1.80. The highest BCUT2D eigenvalue weighted by molar-refractivity contribution is 5.84. The summed E-state index contributed by atoms with van der Waals surface area (Å²) in [5.74, 6) is 0.346. The highest BCUT2D eigenvalue weighted by Crippen LogP contribution is 2.45. The smallest absolute Gasteiger partial charge is 0.0889 e. The lowest BCUT2D eigenvalue weighted by atomic mass is 9.82. The van der Waals surface area contributed by atoms with E-state index in [4.69, 9.17) is 4.74 Å². The number of benzene rings is 2. The fourth-order valence-electron chi connectivity index (χ4n) is 3.69. The maximum atomic E-state index is 5.82. The molecular formula is C19H20N2O. The van der Waals surface area contributed by atoms with Gasteiger partial charge in [-0.1, -0.05) is 43.3 Å². The Balaban J connectivity index is 1.83. The molecule has 0 fully saturated rings. The molecule has 112 valence electrons. The third-order valence-electron chi connectivity index (χ3n) is 4.79. The van der Waals surface area contributed by atoms with Crippen molar-refractivity contribution in [1.82, 2.24) is 4.98 Å². The van der Waals surface area contributed by atoms with E-state index < -0.39 is 0 Å². The SMILES string of the molecule is COC1c2ccccc2NC(c2c[nH]c3ccccc23)C1C. The van der Waals surface area contributed by atoms with Crippen LogP contribution < -0.4 is 5.32 Å². The van der Waals surface area contributed by atoms with E-state index in [1.165, 1.54) is 27.7 Å². The minimum atomic E-state index is 0.108. The van der Waals surface area contributed by atoms with E-state index in [-0.39, 0.29) is 12.1 Å². The van der Waals surface area contributed by atoms with Crippen LogP contribution in [0.4, 0.5) is 5.69 Å². The molecule has 1 aliphatic heterocycles. The van der Waals surface area contributed by atoms with Gasteiger partial charge in [0.2, 0.25) is 0 Å². The highest BCUT2D eigenvalue weighted by atomic mass is 16.5. The van der Waals surface area contributed by atoms with Gasteiger partial charge in [0, 0.05) is 41.4 Å². The fourth-order valence-corrected chi connectivity index (χ4v) is 3.69. The Morgan fingerprint density at radius 3 is 2.59 bits per heavy atom. The maximum Gasteiger partial charge on any atom is 0.0889 e. The molecule has 4 rings (SSSR count). The van der Waals surface area contributed by atoms with Crippen LogP contribution in [0.15, 0.2) is 54.7 Å². The predicted molar refractivity (Wildman–Crippen MR) is 90.0 cm³/mol. The number of nitrogens with one attached hydrogen (secondary N) is 2. The molecule has 3 atom stereocenters. The molecule has 1 aliphatic rings. The molecule has 0 saturated heterocycles. The zero-order chi connectivity index (χ0) is 15.1. The Morgan fingerprint density at radius 2 is 1.73 bits per heavy atom. The van der Waals surface area contributed by atoms with Crippen molar-refractivity contribution in [1.29, 1.82) is 0 Å². The topological polar surface area (TPSA) is 37.0 Å². The average molecular weight is 292 g/mol. The van der Waals surface area contributed by atoms with E-state index in [2.05, 4.69) is 72.0 Å². The highest BCUT2D eigenvalue weighted by Gasteiger charge is 2.35. The minimum Gasteiger partial charge on any atom is -0.377 e. The molecule has 0 bridgehead atoms.